The molecule has 2 unspecified atom stereocenters. The van der Waals surface area contributed by atoms with Gasteiger partial charge in [-0.05, 0) is 37.5 Å². The van der Waals surface area contributed by atoms with Crippen LogP contribution in [-0.2, 0) is 0 Å². The summed E-state index contributed by atoms with van der Waals surface area (Å²) >= 11 is 2.12. The minimum atomic E-state index is 0.796. The van der Waals surface area contributed by atoms with Gasteiger partial charge in [0, 0.05) is 31.4 Å². The fourth-order valence-corrected chi connectivity index (χ4v) is 3.97. The molecule has 2 atom stereocenters. The summed E-state index contributed by atoms with van der Waals surface area (Å²) in [6.07, 6.45) is 7.09. The molecule has 2 nitrogen and oxygen atoms in total. The Morgan fingerprint density at radius 3 is 2.88 bits per heavy atom. The van der Waals surface area contributed by atoms with Gasteiger partial charge in [0.05, 0.1) is 0 Å². The zero-order valence-corrected chi connectivity index (χ0v) is 12.1. The maximum Gasteiger partial charge on any atom is 0.0107 e. The van der Waals surface area contributed by atoms with Crippen molar-refractivity contribution in [3.63, 3.8) is 0 Å². The molecule has 1 aliphatic heterocycles. The van der Waals surface area contributed by atoms with E-state index in [9.17, 15) is 0 Å². The van der Waals surface area contributed by atoms with Gasteiger partial charge < -0.3 is 10.2 Å². The summed E-state index contributed by atoms with van der Waals surface area (Å²) < 4.78 is 0. The Hall–Kier alpha value is 0.270. The number of thioether (sulfide) groups is 1. The van der Waals surface area contributed by atoms with Gasteiger partial charge in [-0.1, -0.05) is 19.8 Å². The van der Waals surface area contributed by atoms with E-state index in [1.807, 2.05) is 0 Å². The summed E-state index contributed by atoms with van der Waals surface area (Å²) in [5, 5.41) is 3.79. The van der Waals surface area contributed by atoms with Crippen LogP contribution in [0.4, 0.5) is 0 Å². The molecule has 0 aromatic rings. The zero-order valence-electron chi connectivity index (χ0n) is 11.3. The van der Waals surface area contributed by atoms with Crippen molar-refractivity contribution >= 4 is 11.8 Å². The Bertz CT molecular complexity index is 202. The van der Waals surface area contributed by atoms with Crippen LogP contribution in [0.5, 0.6) is 0 Å². The van der Waals surface area contributed by atoms with E-state index in [1.165, 1.54) is 69.8 Å². The molecule has 1 saturated carbocycles. The van der Waals surface area contributed by atoms with Crippen molar-refractivity contribution in [2.24, 2.45) is 5.92 Å². The second kappa shape index (κ2) is 7.65. The minimum absolute atomic E-state index is 0.796. The van der Waals surface area contributed by atoms with E-state index in [4.69, 9.17) is 0 Å². The first-order valence-corrected chi connectivity index (χ1v) is 8.55. The molecule has 17 heavy (non-hydrogen) atoms. The Morgan fingerprint density at radius 2 is 2.00 bits per heavy atom. The lowest BCUT2D eigenvalue weighted by molar-refractivity contribution is 0.249. The zero-order chi connectivity index (χ0) is 11.9. The molecule has 1 N–H and O–H groups in total. The summed E-state index contributed by atoms with van der Waals surface area (Å²) in [7, 11) is 0. The molecule has 3 heteroatoms. The smallest absolute Gasteiger partial charge is 0.0107 e. The molecule has 0 spiro atoms. The predicted molar refractivity (Wildman–Crippen MR) is 77.8 cm³/mol. The van der Waals surface area contributed by atoms with Crippen LogP contribution >= 0.6 is 11.8 Å². The highest BCUT2D eigenvalue weighted by Gasteiger charge is 2.20. The highest BCUT2D eigenvalue weighted by Crippen LogP contribution is 2.23. The maximum absolute atomic E-state index is 3.79. The van der Waals surface area contributed by atoms with E-state index < -0.39 is 0 Å². The number of rotatable bonds is 4. The average Bonchev–Trinajstić information content (AvgIpc) is 2.60. The molecule has 100 valence electrons. The highest BCUT2D eigenvalue weighted by atomic mass is 32.2. The van der Waals surface area contributed by atoms with E-state index in [0.29, 0.717) is 0 Å². The van der Waals surface area contributed by atoms with Crippen molar-refractivity contribution in [1.29, 1.82) is 0 Å². The highest BCUT2D eigenvalue weighted by molar-refractivity contribution is 7.99. The Morgan fingerprint density at radius 1 is 1.12 bits per heavy atom. The van der Waals surface area contributed by atoms with Gasteiger partial charge in [-0.15, -0.1) is 0 Å². The third-order valence-electron chi connectivity index (χ3n) is 4.26. The monoisotopic (exact) mass is 256 g/mol. The van der Waals surface area contributed by atoms with Crippen LogP contribution in [0.2, 0.25) is 0 Å². The SMILES string of the molecule is CC1CCCCC1NCCN1CCCSCC1. The first-order valence-electron chi connectivity index (χ1n) is 7.40. The van der Waals surface area contributed by atoms with Crippen molar-refractivity contribution in [2.45, 2.75) is 45.1 Å². The standard InChI is InChI=1S/C14H28N2S/c1-13-5-2-3-6-14(13)15-7-9-16-8-4-11-17-12-10-16/h13-15H,2-12H2,1H3. The lowest BCUT2D eigenvalue weighted by atomic mass is 9.86. The number of nitrogens with zero attached hydrogens (tertiary/aromatic N) is 1. The average molecular weight is 256 g/mol. The second-order valence-corrected chi connectivity index (χ2v) is 6.85. The van der Waals surface area contributed by atoms with Crippen molar-refractivity contribution < 1.29 is 0 Å². The van der Waals surface area contributed by atoms with Crippen LogP contribution in [0.15, 0.2) is 0 Å². The van der Waals surface area contributed by atoms with E-state index in [1.54, 1.807) is 0 Å². The van der Waals surface area contributed by atoms with Gasteiger partial charge in [-0.3, -0.25) is 0 Å². The number of hydrogen-bond acceptors (Lipinski definition) is 3. The van der Waals surface area contributed by atoms with Gasteiger partial charge in [0.25, 0.3) is 0 Å². The fraction of sp³-hybridized carbons (Fsp3) is 1.00. The summed E-state index contributed by atoms with van der Waals surface area (Å²) in [4.78, 5) is 2.64. The molecular weight excluding hydrogens is 228 g/mol. The summed E-state index contributed by atoms with van der Waals surface area (Å²) in [5.41, 5.74) is 0. The molecule has 1 aliphatic carbocycles. The number of hydrogen-bond donors (Lipinski definition) is 1. The summed E-state index contributed by atoms with van der Waals surface area (Å²) in [6, 6.07) is 0.796. The molecule has 0 radical (unpaired) electrons. The van der Waals surface area contributed by atoms with Crippen LogP contribution in [0.1, 0.15) is 39.0 Å². The Kier molecular flexibility index (Phi) is 6.16. The predicted octanol–water partition coefficient (Wildman–Crippen LogP) is 2.59. The van der Waals surface area contributed by atoms with E-state index >= 15 is 0 Å². The van der Waals surface area contributed by atoms with Gasteiger partial charge in [0.1, 0.15) is 0 Å². The molecule has 2 aliphatic rings. The molecule has 2 rings (SSSR count). The van der Waals surface area contributed by atoms with E-state index in [2.05, 4.69) is 28.9 Å². The van der Waals surface area contributed by atoms with Gasteiger partial charge in [-0.2, -0.15) is 11.8 Å². The third-order valence-corrected chi connectivity index (χ3v) is 5.31. The van der Waals surface area contributed by atoms with Gasteiger partial charge >= 0.3 is 0 Å². The first-order chi connectivity index (χ1) is 8.36. The van der Waals surface area contributed by atoms with Crippen molar-refractivity contribution in [3.8, 4) is 0 Å². The molecule has 0 aromatic heterocycles. The van der Waals surface area contributed by atoms with Gasteiger partial charge in [-0.25, -0.2) is 0 Å². The van der Waals surface area contributed by atoms with Crippen LogP contribution in [0, 0.1) is 5.92 Å². The van der Waals surface area contributed by atoms with Crippen molar-refractivity contribution in [3.05, 3.63) is 0 Å². The largest absolute Gasteiger partial charge is 0.312 e. The van der Waals surface area contributed by atoms with Crippen LogP contribution in [0.25, 0.3) is 0 Å². The molecule has 0 amide bonds. The maximum atomic E-state index is 3.79. The van der Waals surface area contributed by atoms with Crippen LogP contribution < -0.4 is 5.32 Å². The molecule has 1 saturated heterocycles. The summed E-state index contributed by atoms with van der Waals surface area (Å²) in [5.74, 6) is 3.59. The Balaban J connectivity index is 1.60. The third kappa shape index (κ3) is 4.80. The van der Waals surface area contributed by atoms with Crippen LogP contribution in [0.3, 0.4) is 0 Å². The molecule has 1 heterocycles. The van der Waals surface area contributed by atoms with Gasteiger partial charge in [0.2, 0.25) is 0 Å². The van der Waals surface area contributed by atoms with Crippen LogP contribution in [-0.4, -0.2) is 48.6 Å². The Labute approximate surface area is 111 Å². The topological polar surface area (TPSA) is 15.3 Å². The number of nitrogens with one attached hydrogen (secondary N) is 1. The summed E-state index contributed by atoms with van der Waals surface area (Å²) in [6.45, 7) is 7.48. The second-order valence-electron chi connectivity index (χ2n) is 5.63. The van der Waals surface area contributed by atoms with Crippen molar-refractivity contribution in [1.82, 2.24) is 10.2 Å². The molecular formula is C14H28N2S. The van der Waals surface area contributed by atoms with Crippen molar-refractivity contribution in [2.75, 3.05) is 37.7 Å². The molecule has 0 bridgehead atoms. The lowest BCUT2D eigenvalue weighted by Gasteiger charge is -2.30. The fourth-order valence-electron chi connectivity index (χ4n) is 3.05. The minimum Gasteiger partial charge on any atom is -0.312 e. The van der Waals surface area contributed by atoms with E-state index in [0.717, 1.165) is 12.0 Å². The van der Waals surface area contributed by atoms with E-state index in [-0.39, 0.29) is 0 Å². The lowest BCUT2D eigenvalue weighted by Crippen LogP contribution is -2.42. The first kappa shape index (κ1) is 13.7. The normalized spacial score (nSPS) is 32.3. The quantitative estimate of drug-likeness (QED) is 0.832. The molecule has 2 fully saturated rings. The molecule has 0 aromatic carbocycles. The van der Waals surface area contributed by atoms with Gasteiger partial charge in [0.15, 0.2) is 0 Å².